The lowest BCUT2D eigenvalue weighted by Gasteiger charge is -2.31. The molecule has 25 heavy (non-hydrogen) atoms. The molecule has 1 saturated heterocycles. The molecule has 0 bridgehead atoms. The standard InChI is InChI=1S/C21H28N2O2/c1-2-4-17-6-8-19(9-7-17)21(24)22-15-18-10-12-23(13-11-18)16-20-5-3-14-25-20/h3,5-9,14,18H,2,4,10-13,15-16H2,1H3,(H,22,24). The van der Waals surface area contributed by atoms with Crippen LogP contribution < -0.4 is 5.32 Å². The van der Waals surface area contributed by atoms with Crippen molar-refractivity contribution in [2.75, 3.05) is 19.6 Å². The minimum absolute atomic E-state index is 0.0427. The SMILES string of the molecule is CCCc1ccc(C(=O)NCC2CCN(Cc3ccco3)CC2)cc1. The fraction of sp³-hybridized carbons (Fsp3) is 0.476. The highest BCUT2D eigenvalue weighted by molar-refractivity contribution is 5.94. The van der Waals surface area contributed by atoms with E-state index in [1.165, 1.54) is 5.56 Å². The smallest absolute Gasteiger partial charge is 0.251 e. The summed E-state index contributed by atoms with van der Waals surface area (Å²) >= 11 is 0. The molecule has 4 nitrogen and oxygen atoms in total. The molecule has 0 spiro atoms. The van der Waals surface area contributed by atoms with Crippen LogP contribution in [0.4, 0.5) is 0 Å². The Bertz CT molecular complexity index is 641. The summed E-state index contributed by atoms with van der Waals surface area (Å²) < 4.78 is 5.42. The van der Waals surface area contributed by atoms with Gasteiger partial charge in [-0.1, -0.05) is 25.5 Å². The summed E-state index contributed by atoms with van der Waals surface area (Å²) in [7, 11) is 0. The first kappa shape index (κ1) is 17.7. The van der Waals surface area contributed by atoms with E-state index in [1.54, 1.807) is 6.26 Å². The van der Waals surface area contributed by atoms with Gasteiger partial charge in [0.15, 0.2) is 0 Å². The van der Waals surface area contributed by atoms with E-state index in [9.17, 15) is 4.79 Å². The van der Waals surface area contributed by atoms with Gasteiger partial charge in [0, 0.05) is 12.1 Å². The molecule has 1 aromatic carbocycles. The number of piperidine rings is 1. The Kier molecular flexibility index (Phi) is 6.29. The number of hydrogen-bond donors (Lipinski definition) is 1. The van der Waals surface area contributed by atoms with Crippen molar-refractivity contribution in [3.8, 4) is 0 Å². The zero-order chi connectivity index (χ0) is 17.5. The van der Waals surface area contributed by atoms with E-state index in [2.05, 4.69) is 29.3 Å². The second-order valence-electron chi connectivity index (χ2n) is 6.96. The Morgan fingerprint density at radius 3 is 2.60 bits per heavy atom. The number of carbonyl (C=O) groups excluding carboxylic acids is 1. The zero-order valence-corrected chi connectivity index (χ0v) is 15.0. The highest BCUT2D eigenvalue weighted by Crippen LogP contribution is 2.18. The number of nitrogens with one attached hydrogen (secondary N) is 1. The first-order valence-corrected chi connectivity index (χ1v) is 9.36. The highest BCUT2D eigenvalue weighted by atomic mass is 16.3. The van der Waals surface area contributed by atoms with Crippen LogP contribution >= 0.6 is 0 Å². The summed E-state index contributed by atoms with van der Waals surface area (Å²) in [6.07, 6.45) is 6.17. The van der Waals surface area contributed by atoms with Gasteiger partial charge in [0.1, 0.15) is 5.76 Å². The summed E-state index contributed by atoms with van der Waals surface area (Å²) in [4.78, 5) is 14.7. The summed E-state index contributed by atoms with van der Waals surface area (Å²) in [5.74, 6) is 1.63. The number of rotatable bonds is 7. The van der Waals surface area contributed by atoms with Gasteiger partial charge in [0.2, 0.25) is 0 Å². The van der Waals surface area contributed by atoms with Gasteiger partial charge in [0.05, 0.1) is 12.8 Å². The third kappa shape index (κ3) is 5.20. The van der Waals surface area contributed by atoms with Crippen LogP contribution in [0.1, 0.15) is 47.9 Å². The molecule has 1 aliphatic rings. The number of aryl methyl sites for hydroxylation is 1. The maximum absolute atomic E-state index is 12.3. The number of hydrogen-bond acceptors (Lipinski definition) is 3. The molecule has 0 aliphatic carbocycles. The summed E-state index contributed by atoms with van der Waals surface area (Å²) in [6, 6.07) is 12.0. The molecule has 0 unspecified atom stereocenters. The molecule has 2 aromatic rings. The number of amides is 1. The van der Waals surface area contributed by atoms with Crippen LogP contribution in [0.25, 0.3) is 0 Å². The average molecular weight is 340 g/mol. The molecule has 0 radical (unpaired) electrons. The van der Waals surface area contributed by atoms with Gasteiger partial charge in [-0.25, -0.2) is 0 Å². The lowest BCUT2D eigenvalue weighted by Crippen LogP contribution is -2.38. The second-order valence-corrected chi connectivity index (χ2v) is 6.96. The van der Waals surface area contributed by atoms with Crippen molar-refractivity contribution in [1.29, 1.82) is 0 Å². The maximum atomic E-state index is 12.3. The van der Waals surface area contributed by atoms with Crippen LogP contribution in [-0.2, 0) is 13.0 Å². The summed E-state index contributed by atoms with van der Waals surface area (Å²) in [5.41, 5.74) is 2.05. The van der Waals surface area contributed by atoms with Crippen LogP contribution in [0, 0.1) is 5.92 Å². The Hall–Kier alpha value is -2.07. The molecule has 1 amide bonds. The van der Waals surface area contributed by atoms with Gasteiger partial charge in [-0.15, -0.1) is 0 Å². The molecule has 0 atom stereocenters. The molecular weight excluding hydrogens is 312 g/mol. The molecule has 2 heterocycles. The first-order chi connectivity index (χ1) is 12.2. The Morgan fingerprint density at radius 2 is 1.96 bits per heavy atom. The molecule has 4 heteroatoms. The van der Waals surface area contributed by atoms with Gasteiger partial charge in [-0.3, -0.25) is 9.69 Å². The number of benzene rings is 1. The minimum Gasteiger partial charge on any atom is -0.468 e. The van der Waals surface area contributed by atoms with Crippen molar-refractivity contribution in [3.63, 3.8) is 0 Å². The molecule has 3 rings (SSSR count). The Balaban J connectivity index is 1.39. The molecule has 1 N–H and O–H groups in total. The van der Waals surface area contributed by atoms with Gasteiger partial charge in [0.25, 0.3) is 5.91 Å². The quantitative estimate of drug-likeness (QED) is 0.832. The van der Waals surface area contributed by atoms with E-state index in [1.807, 2.05) is 24.3 Å². The van der Waals surface area contributed by atoms with Gasteiger partial charge < -0.3 is 9.73 Å². The fourth-order valence-electron chi connectivity index (χ4n) is 3.42. The third-order valence-corrected chi connectivity index (χ3v) is 4.97. The highest BCUT2D eigenvalue weighted by Gasteiger charge is 2.20. The van der Waals surface area contributed by atoms with Gasteiger partial charge in [-0.05, 0) is 68.1 Å². The lowest BCUT2D eigenvalue weighted by molar-refractivity contribution is 0.0934. The van der Waals surface area contributed by atoms with Gasteiger partial charge >= 0.3 is 0 Å². The summed E-state index contributed by atoms with van der Waals surface area (Å²) in [5, 5.41) is 3.10. The monoisotopic (exact) mass is 340 g/mol. The second kappa shape index (κ2) is 8.86. The lowest BCUT2D eigenvalue weighted by atomic mass is 9.96. The van der Waals surface area contributed by atoms with Crippen LogP contribution in [0.3, 0.4) is 0 Å². The number of nitrogens with zero attached hydrogens (tertiary/aromatic N) is 1. The largest absolute Gasteiger partial charge is 0.468 e. The van der Waals surface area contributed by atoms with Crippen molar-refractivity contribution >= 4 is 5.91 Å². The van der Waals surface area contributed by atoms with E-state index in [0.29, 0.717) is 5.92 Å². The third-order valence-electron chi connectivity index (χ3n) is 4.97. The van der Waals surface area contributed by atoms with E-state index in [0.717, 1.165) is 63.2 Å². The average Bonchev–Trinajstić information content (AvgIpc) is 3.15. The molecule has 0 saturated carbocycles. The predicted molar refractivity (Wildman–Crippen MR) is 99.5 cm³/mol. The van der Waals surface area contributed by atoms with E-state index in [4.69, 9.17) is 4.42 Å². The van der Waals surface area contributed by atoms with E-state index in [-0.39, 0.29) is 5.91 Å². The number of likely N-dealkylation sites (tertiary alicyclic amines) is 1. The Labute approximate surface area is 150 Å². The van der Waals surface area contributed by atoms with E-state index >= 15 is 0 Å². The topological polar surface area (TPSA) is 45.5 Å². The molecule has 134 valence electrons. The van der Waals surface area contributed by atoms with Gasteiger partial charge in [-0.2, -0.15) is 0 Å². The minimum atomic E-state index is 0.0427. The molecular formula is C21H28N2O2. The number of carbonyl (C=O) groups is 1. The van der Waals surface area contributed by atoms with Crippen molar-refractivity contribution in [2.45, 2.75) is 39.2 Å². The summed E-state index contributed by atoms with van der Waals surface area (Å²) in [6.45, 7) is 5.95. The maximum Gasteiger partial charge on any atom is 0.251 e. The van der Waals surface area contributed by atoms with E-state index < -0.39 is 0 Å². The first-order valence-electron chi connectivity index (χ1n) is 9.36. The molecule has 1 fully saturated rings. The number of furan rings is 1. The van der Waals surface area contributed by atoms with Crippen LogP contribution in [0.15, 0.2) is 47.1 Å². The van der Waals surface area contributed by atoms with Crippen LogP contribution in [0.5, 0.6) is 0 Å². The van der Waals surface area contributed by atoms with Crippen molar-refractivity contribution in [2.24, 2.45) is 5.92 Å². The molecule has 1 aliphatic heterocycles. The van der Waals surface area contributed by atoms with Crippen LogP contribution in [0.2, 0.25) is 0 Å². The molecule has 1 aromatic heterocycles. The normalized spacial score (nSPS) is 16.0. The van der Waals surface area contributed by atoms with Crippen molar-refractivity contribution in [1.82, 2.24) is 10.2 Å². The van der Waals surface area contributed by atoms with Crippen molar-refractivity contribution in [3.05, 3.63) is 59.5 Å². The van der Waals surface area contributed by atoms with Crippen molar-refractivity contribution < 1.29 is 9.21 Å². The zero-order valence-electron chi connectivity index (χ0n) is 15.0. The predicted octanol–water partition coefficient (Wildman–Crippen LogP) is 3.87. The Morgan fingerprint density at radius 1 is 1.20 bits per heavy atom. The van der Waals surface area contributed by atoms with Crippen LogP contribution in [-0.4, -0.2) is 30.4 Å². The fourth-order valence-corrected chi connectivity index (χ4v) is 3.42.